The third kappa shape index (κ3) is 5.31. The highest BCUT2D eigenvalue weighted by Gasteiger charge is 2.23. The molecule has 28 heavy (non-hydrogen) atoms. The van der Waals surface area contributed by atoms with Gasteiger partial charge in [0.05, 0.1) is 13.0 Å². The van der Waals surface area contributed by atoms with E-state index in [0.29, 0.717) is 49.1 Å². The molecule has 0 amide bonds. The largest absolute Gasteiger partial charge is 0.466 e. The van der Waals surface area contributed by atoms with E-state index >= 15 is 0 Å². The smallest absolute Gasteiger partial charge is 0.306 e. The molecule has 0 spiro atoms. The molecular formula is C20H24N2O6. The Bertz CT molecular complexity index is 804. The van der Waals surface area contributed by atoms with E-state index in [-0.39, 0.29) is 25.1 Å². The molecule has 0 saturated heterocycles. The van der Waals surface area contributed by atoms with Crippen LogP contribution in [-0.2, 0) is 27.2 Å². The molecule has 150 valence electrons. The van der Waals surface area contributed by atoms with E-state index in [1.165, 1.54) is 0 Å². The highest BCUT2D eigenvalue weighted by molar-refractivity contribution is 5.70. The SMILES string of the molecule is CCOC(=O)CC(Cc1nc(CCCCC=O)no1)c1ccc2c(c1)OCO2. The maximum Gasteiger partial charge on any atom is 0.306 e. The van der Waals surface area contributed by atoms with Gasteiger partial charge in [0.25, 0.3) is 0 Å². The van der Waals surface area contributed by atoms with Gasteiger partial charge in [0.1, 0.15) is 6.29 Å². The van der Waals surface area contributed by atoms with Crippen LogP contribution in [0.1, 0.15) is 55.8 Å². The predicted octanol–water partition coefficient (Wildman–Crippen LogP) is 2.99. The van der Waals surface area contributed by atoms with Gasteiger partial charge in [-0.25, -0.2) is 0 Å². The average Bonchev–Trinajstić information content (AvgIpc) is 3.33. The fraction of sp³-hybridized carbons (Fsp3) is 0.500. The molecule has 1 atom stereocenters. The number of hydrogen-bond donors (Lipinski definition) is 0. The summed E-state index contributed by atoms with van der Waals surface area (Å²) in [4.78, 5) is 26.9. The van der Waals surface area contributed by atoms with Gasteiger partial charge in [0, 0.05) is 25.2 Å². The first kappa shape index (κ1) is 19.9. The van der Waals surface area contributed by atoms with Gasteiger partial charge in [-0.3, -0.25) is 4.79 Å². The van der Waals surface area contributed by atoms with E-state index in [0.717, 1.165) is 24.7 Å². The van der Waals surface area contributed by atoms with Crippen LogP contribution in [0.25, 0.3) is 0 Å². The number of hydrogen-bond acceptors (Lipinski definition) is 8. The molecule has 2 aromatic rings. The number of aryl methyl sites for hydroxylation is 1. The van der Waals surface area contributed by atoms with Crippen molar-refractivity contribution in [3.05, 3.63) is 35.5 Å². The quantitative estimate of drug-likeness (QED) is 0.329. The monoisotopic (exact) mass is 388 g/mol. The zero-order chi connectivity index (χ0) is 19.8. The fourth-order valence-corrected chi connectivity index (χ4v) is 3.09. The number of rotatable bonds is 11. The Morgan fingerprint density at radius 2 is 2.14 bits per heavy atom. The van der Waals surface area contributed by atoms with Crippen LogP contribution in [0, 0.1) is 0 Å². The number of carbonyl (C=O) groups excluding carboxylic acids is 2. The van der Waals surface area contributed by atoms with Crippen LogP contribution in [0.2, 0.25) is 0 Å². The third-order valence-electron chi connectivity index (χ3n) is 4.49. The van der Waals surface area contributed by atoms with Gasteiger partial charge < -0.3 is 23.5 Å². The first-order valence-electron chi connectivity index (χ1n) is 9.49. The van der Waals surface area contributed by atoms with Gasteiger partial charge in [-0.15, -0.1) is 0 Å². The van der Waals surface area contributed by atoms with Crippen molar-refractivity contribution in [2.45, 2.75) is 51.4 Å². The molecule has 1 aromatic carbocycles. The molecule has 0 saturated carbocycles. The van der Waals surface area contributed by atoms with Crippen LogP contribution < -0.4 is 9.47 Å². The summed E-state index contributed by atoms with van der Waals surface area (Å²) >= 11 is 0. The van der Waals surface area contributed by atoms with Gasteiger partial charge in [0.2, 0.25) is 12.7 Å². The first-order chi connectivity index (χ1) is 13.7. The zero-order valence-corrected chi connectivity index (χ0v) is 15.9. The van der Waals surface area contributed by atoms with Crippen LogP contribution in [0.3, 0.4) is 0 Å². The lowest BCUT2D eigenvalue weighted by Crippen LogP contribution is -2.13. The van der Waals surface area contributed by atoms with Crippen molar-refractivity contribution in [1.29, 1.82) is 0 Å². The minimum atomic E-state index is -0.279. The van der Waals surface area contributed by atoms with Crippen molar-refractivity contribution in [1.82, 2.24) is 10.1 Å². The number of fused-ring (bicyclic) bond motifs is 1. The summed E-state index contributed by atoms with van der Waals surface area (Å²) in [6.07, 6.45) is 4.35. The summed E-state index contributed by atoms with van der Waals surface area (Å²) in [5.74, 6) is 1.97. The van der Waals surface area contributed by atoms with Crippen LogP contribution in [0.4, 0.5) is 0 Å². The Morgan fingerprint density at radius 3 is 2.96 bits per heavy atom. The molecule has 0 N–H and O–H groups in total. The van der Waals surface area contributed by atoms with Gasteiger partial charge >= 0.3 is 5.97 Å². The summed E-state index contributed by atoms with van der Waals surface area (Å²) in [5.41, 5.74) is 0.919. The summed E-state index contributed by atoms with van der Waals surface area (Å²) in [6, 6.07) is 5.62. The topological polar surface area (TPSA) is 101 Å². The van der Waals surface area contributed by atoms with Crippen LogP contribution in [0.15, 0.2) is 22.7 Å². The van der Waals surface area contributed by atoms with E-state index in [1.54, 1.807) is 6.92 Å². The number of aromatic nitrogens is 2. The second-order valence-electron chi connectivity index (χ2n) is 6.54. The number of aldehydes is 1. The maximum atomic E-state index is 12.1. The first-order valence-corrected chi connectivity index (χ1v) is 9.49. The Kier molecular flexibility index (Phi) is 7.00. The zero-order valence-electron chi connectivity index (χ0n) is 15.9. The molecule has 0 fully saturated rings. The lowest BCUT2D eigenvalue weighted by molar-refractivity contribution is -0.143. The predicted molar refractivity (Wildman–Crippen MR) is 98.2 cm³/mol. The summed E-state index contributed by atoms with van der Waals surface area (Å²) in [5, 5.41) is 4.00. The Hall–Kier alpha value is -2.90. The van der Waals surface area contributed by atoms with Crippen LogP contribution >= 0.6 is 0 Å². The van der Waals surface area contributed by atoms with E-state index in [9.17, 15) is 9.59 Å². The Labute approximate surface area is 163 Å². The van der Waals surface area contributed by atoms with E-state index in [1.807, 2.05) is 18.2 Å². The van der Waals surface area contributed by atoms with Gasteiger partial charge in [-0.05, 0) is 37.5 Å². The Balaban J connectivity index is 1.69. The number of nitrogens with zero attached hydrogens (tertiary/aromatic N) is 2. The maximum absolute atomic E-state index is 12.1. The van der Waals surface area contributed by atoms with Crippen LogP contribution in [-0.4, -0.2) is 35.8 Å². The number of esters is 1. The number of unbranched alkanes of at least 4 members (excludes halogenated alkanes) is 2. The molecule has 0 bridgehead atoms. The molecule has 8 heteroatoms. The average molecular weight is 388 g/mol. The second kappa shape index (κ2) is 9.87. The summed E-state index contributed by atoms with van der Waals surface area (Å²) < 4.78 is 21.3. The van der Waals surface area contributed by atoms with E-state index in [2.05, 4.69) is 10.1 Å². The molecular weight excluding hydrogens is 364 g/mol. The number of benzene rings is 1. The van der Waals surface area contributed by atoms with Gasteiger partial charge in [-0.1, -0.05) is 11.2 Å². The lowest BCUT2D eigenvalue weighted by Gasteiger charge is -2.15. The minimum absolute atomic E-state index is 0.183. The van der Waals surface area contributed by atoms with Crippen molar-refractivity contribution in [2.24, 2.45) is 0 Å². The van der Waals surface area contributed by atoms with Crippen molar-refractivity contribution in [2.75, 3.05) is 13.4 Å². The molecule has 1 aromatic heterocycles. The van der Waals surface area contributed by atoms with Crippen molar-refractivity contribution >= 4 is 12.3 Å². The number of carbonyl (C=O) groups is 2. The summed E-state index contributed by atoms with van der Waals surface area (Å²) in [6.45, 7) is 2.30. The normalized spacial score (nSPS) is 13.3. The molecule has 1 aliphatic rings. The van der Waals surface area contributed by atoms with Gasteiger partial charge in [-0.2, -0.15) is 4.98 Å². The second-order valence-corrected chi connectivity index (χ2v) is 6.54. The molecule has 2 heterocycles. The Morgan fingerprint density at radius 1 is 1.29 bits per heavy atom. The van der Waals surface area contributed by atoms with E-state index in [4.69, 9.17) is 18.7 Å². The minimum Gasteiger partial charge on any atom is -0.466 e. The lowest BCUT2D eigenvalue weighted by atomic mass is 9.92. The van der Waals surface area contributed by atoms with Crippen molar-refractivity contribution < 1.29 is 28.3 Å². The summed E-state index contributed by atoms with van der Waals surface area (Å²) in [7, 11) is 0. The third-order valence-corrected chi connectivity index (χ3v) is 4.49. The van der Waals surface area contributed by atoms with Crippen molar-refractivity contribution in [3.63, 3.8) is 0 Å². The highest BCUT2D eigenvalue weighted by Crippen LogP contribution is 2.36. The fourth-order valence-electron chi connectivity index (χ4n) is 3.09. The van der Waals surface area contributed by atoms with E-state index < -0.39 is 0 Å². The molecule has 0 aliphatic carbocycles. The standard InChI is InChI=1S/C20H24N2O6/c1-2-25-20(24)12-15(14-7-8-16-17(10-14)27-13-26-16)11-19-21-18(22-28-19)6-4-3-5-9-23/h7-10,15H,2-6,11-13H2,1H3. The molecule has 1 unspecified atom stereocenters. The van der Waals surface area contributed by atoms with Crippen molar-refractivity contribution in [3.8, 4) is 11.5 Å². The highest BCUT2D eigenvalue weighted by atomic mass is 16.7. The molecule has 3 rings (SSSR count). The number of ether oxygens (including phenoxy) is 3. The molecule has 0 radical (unpaired) electrons. The molecule has 1 aliphatic heterocycles. The van der Waals surface area contributed by atoms with Crippen LogP contribution in [0.5, 0.6) is 11.5 Å². The molecule has 8 nitrogen and oxygen atoms in total. The van der Waals surface area contributed by atoms with Gasteiger partial charge in [0.15, 0.2) is 17.3 Å².